The van der Waals surface area contributed by atoms with Crippen LogP contribution in [0.4, 0.5) is 4.39 Å². The highest BCUT2D eigenvalue weighted by Crippen LogP contribution is 2.35. The lowest BCUT2D eigenvalue weighted by Crippen LogP contribution is -2.42. The van der Waals surface area contributed by atoms with Gasteiger partial charge in [0.05, 0.1) is 13.2 Å². The number of Topliss-reactive ketones (excluding diaryl/α,β-unsaturated/α-hetero) is 2. The van der Waals surface area contributed by atoms with E-state index in [0.29, 0.717) is 25.2 Å². The van der Waals surface area contributed by atoms with Gasteiger partial charge in [-0.25, -0.2) is 4.39 Å². The summed E-state index contributed by atoms with van der Waals surface area (Å²) in [6.07, 6.45) is 4.51. The number of aryl methyl sites for hydroxylation is 1. The predicted octanol–water partition coefficient (Wildman–Crippen LogP) is 2.98. The van der Waals surface area contributed by atoms with Gasteiger partial charge in [0.25, 0.3) is 0 Å². The molecular formula is C24H31FN2O4. The van der Waals surface area contributed by atoms with Crippen LogP contribution in [0.15, 0.2) is 18.2 Å². The van der Waals surface area contributed by atoms with Crippen LogP contribution in [0.2, 0.25) is 0 Å². The van der Waals surface area contributed by atoms with E-state index >= 15 is 0 Å². The number of aliphatic hydroxyl groups excluding tert-OH is 1. The molecule has 1 saturated heterocycles. The average molecular weight is 431 g/mol. The molecule has 1 N–H and O–H groups in total. The van der Waals surface area contributed by atoms with Crippen molar-refractivity contribution in [1.29, 1.82) is 0 Å². The minimum Gasteiger partial charge on any atom is -0.389 e. The number of fused-ring (bicyclic) bond motifs is 3. The fraction of sp³-hybridized carbons (Fsp3) is 0.583. The van der Waals surface area contributed by atoms with Gasteiger partial charge in [0.1, 0.15) is 12.4 Å². The smallest absolute Gasteiger partial charge is 0.169 e. The fourth-order valence-corrected chi connectivity index (χ4v) is 4.93. The van der Waals surface area contributed by atoms with E-state index in [1.807, 2.05) is 0 Å². The van der Waals surface area contributed by atoms with E-state index in [2.05, 4.69) is 9.47 Å². The molecule has 0 spiro atoms. The van der Waals surface area contributed by atoms with E-state index in [4.69, 9.17) is 9.84 Å². The lowest BCUT2D eigenvalue weighted by Gasteiger charge is -2.31. The zero-order valence-electron chi connectivity index (χ0n) is 17.9. The van der Waals surface area contributed by atoms with Crippen molar-refractivity contribution in [3.8, 4) is 0 Å². The lowest BCUT2D eigenvalue weighted by molar-refractivity contribution is -0.121. The molecule has 168 valence electrons. The molecule has 1 fully saturated rings. The molecule has 31 heavy (non-hydrogen) atoms. The van der Waals surface area contributed by atoms with E-state index in [-0.39, 0.29) is 23.3 Å². The standard InChI is InChI=1S/C24H31FN2O4/c25-18-6-8-21-20(14-18)23-22(27(21)9-3-1-2-4-19(29)16-28)7-5-17(24(23)30)15-26-10-12-31-13-11-26/h6,8,14,17,28H,1-5,7,9-13,15-16H2. The number of nitrogens with zero attached hydrogens (tertiary/aromatic N) is 2. The van der Waals surface area contributed by atoms with Crippen LogP contribution in [0.25, 0.3) is 10.9 Å². The van der Waals surface area contributed by atoms with E-state index < -0.39 is 6.61 Å². The maximum absolute atomic E-state index is 14.1. The van der Waals surface area contributed by atoms with Gasteiger partial charge in [-0.2, -0.15) is 0 Å². The molecule has 1 atom stereocenters. The van der Waals surface area contributed by atoms with Crippen molar-refractivity contribution in [2.45, 2.75) is 45.1 Å². The number of hydrogen-bond donors (Lipinski definition) is 1. The first kappa shape index (κ1) is 22.1. The number of hydrogen-bond acceptors (Lipinski definition) is 5. The first-order valence-corrected chi connectivity index (χ1v) is 11.4. The van der Waals surface area contributed by atoms with Crippen molar-refractivity contribution in [3.63, 3.8) is 0 Å². The number of morpholine rings is 1. The molecular weight excluding hydrogens is 399 g/mol. The zero-order valence-corrected chi connectivity index (χ0v) is 17.9. The van der Waals surface area contributed by atoms with Gasteiger partial charge in [-0.05, 0) is 43.9 Å². The maximum Gasteiger partial charge on any atom is 0.169 e. The van der Waals surface area contributed by atoms with Gasteiger partial charge in [-0.15, -0.1) is 0 Å². The highest BCUT2D eigenvalue weighted by atomic mass is 19.1. The second-order valence-corrected chi connectivity index (χ2v) is 8.66. The molecule has 6 nitrogen and oxygen atoms in total. The SMILES string of the molecule is O=C(CO)CCCCCn1c2c(c3cc(F)ccc31)C(=O)C(CN1CCOCC1)CC2. The summed E-state index contributed by atoms with van der Waals surface area (Å²) in [4.78, 5) is 27.0. The molecule has 2 aliphatic rings. The fourth-order valence-electron chi connectivity index (χ4n) is 4.93. The van der Waals surface area contributed by atoms with Crippen molar-refractivity contribution < 1.29 is 23.8 Å². The van der Waals surface area contributed by atoms with Crippen LogP contribution >= 0.6 is 0 Å². The summed E-state index contributed by atoms with van der Waals surface area (Å²) in [5.41, 5.74) is 2.64. The summed E-state index contributed by atoms with van der Waals surface area (Å²) in [6.45, 7) is 4.21. The summed E-state index contributed by atoms with van der Waals surface area (Å²) >= 11 is 0. The van der Waals surface area contributed by atoms with E-state index in [1.54, 1.807) is 6.07 Å². The molecule has 1 aromatic carbocycles. The van der Waals surface area contributed by atoms with Gasteiger partial charge in [0.15, 0.2) is 11.6 Å². The Labute approximate surface area is 182 Å². The molecule has 1 aliphatic heterocycles. The van der Waals surface area contributed by atoms with Crippen LogP contribution in [0.1, 0.15) is 48.2 Å². The third-order valence-electron chi connectivity index (χ3n) is 6.58. The molecule has 2 heterocycles. The molecule has 1 aliphatic carbocycles. The van der Waals surface area contributed by atoms with Crippen LogP contribution in [0, 0.1) is 11.7 Å². The van der Waals surface area contributed by atoms with Gasteiger partial charge in [0, 0.05) is 60.7 Å². The monoisotopic (exact) mass is 430 g/mol. The number of carbonyl (C=O) groups excluding carboxylic acids is 2. The van der Waals surface area contributed by atoms with E-state index in [1.165, 1.54) is 12.1 Å². The minimum absolute atomic E-state index is 0.0580. The Hall–Kier alpha value is -2.09. The lowest BCUT2D eigenvalue weighted by atomic mass is 9.84. The third kappa shape index (κ3) is 4.89. The zero-order chi connectivity index (χ0) is 21.8. The Kier molecular flexibility index (Phi) is 7.15. The number of halogens is 1. The minimum atomic E-state index is -0.394. The van der Waals surface area contributed by atoms with Crippen molar-refractivity contribution in [1.82, 2.24) is 9.47 Å². The Morgan fingerprint density at radius 2 is 2.00 bits per heavy atom. The second kappa shape index (κ2) is 10.0. The first-order chi connectivity index (χ1) is 15.1. The van der Waals surface area contributed by atoms with Crippen LogP contribution in [-0.2, 0) is 22.5 Å². The van der Waals surface area contributed by atoms with Crippen LogP contribution in [0.5, 0.6) is 0 Å². The summed E-state index contributed by atoms with van der Waals surface area (Å²) in [7, 11) is 0. The van der Waals surface area contributed by atoms with Crippen molar-refractivity contribution in [3.05, 3.63) is 35.3 Å². The molecule has 7 heteroatoms. The summed E-state index contributed by atoms with van der Waals surface area (Å²) < 4.78 is 21.7. The van der Waals surface area contributed by atoms with Crippen molar-refractivity contribution >= 4 is 22.5 Å². The largest absolute Gasteiger partial charge is 0.389 e. The van der Waals surface area contributed by atoms with Crippen LogP contribution in [0.3, 0.4) is 0 Å². The number of rotatable bonds is 9. The Balaban J connectivity index is 1.53. The number of unbranched alkanes of at least 4 members (excludes halogenated alkanes) is 2. The average Bonchev–Trinajstić information content (AvgIpc) is 3.09. The maximum atomic E-state index is 14.1. The summed E-state index contributed by atoms with van der Waals surface area (Å²) in [5.74, 6) is -0.373. The summed E-state index contributed by atoms with van der Waals surface area (Å²) in [5, 5.41) is 9.56. The van der Waals surface area contributed by atoms with E-state index in [0.717, 1.165) is 74.9 Å². The Morgan fingerprint density at radius 1 is 1.19 bits per heavy atom. The van der Waals surface area contributed by atoms with Gasteiger partial charge >= 0.3 is 0 Å². The molecule has 0 bridgehead atoms. The van der Waals surface area contributed by atoms with Gasteiger partial charge in [-0.3, -0.25) is 14.5 Å². The number of ether oxygens (including phenoxy) is 1. The predicted molar refractivity (Wildman–Crippen MR) is 116 cm³/mol. The Morgan fingerprint density at radius 3 is 2.77 bits per heavy atom. The van der Waals surface area contributed by atoms with E-state index in [9.17, 15) is 14.0 Å². The molecule has 0 saturated carbocycles. The third-order valence-corrected chi connectivity index (χ3v) is 6.58. The number of ketones is 2. The highest BCUT2D eigenvalue weighted by Gasteiger charge is 2.34. The number of aromatic nitrogens is 1. The van der Waals surface area contributed by atoms with Crippen LogP contribution in [-0.4, -0.2) is 65.6 Å². The number of aliphatic hydroxyl groups is 1. The Bertz CT molecular complexity index is 949. The molecule has 1 unspecified atom stereocenters. The van der Waals surface area contributed by atoms with Gasteiger partial charge in [-0.1, -0.05) is 6.42 Å². The quantitative estimate of drug-likeness (QED) is 0.620. The molecule has 0 amide bonds. The normalized spacial score (nSPS) is 19.7. The molecule has 1 aromatic heterocycles. The molecule has 2 aromatic rings. The van der Waals surface area contributed by atoms with Crippen molar-refractivity contribution in [2.24, 2.45) is 5.92 Å². The van der Waals surface area contributed by atoms with Crippen LogP contribution < -0.4 is 0 Å². The van der Waals surface area contributed by atoms with Crippen molar-refractivity contribution in [2.75, 3.05) is 39.5 Å². The first-order valence-electron chi connectivity index (χ1n) is 11.4. The number of carbonyl (C=O) groups is 2. The topological polar surface area (TPSA) is 71.8 Å². The van der Waals surface area contributed by atoms with Gasteiger partial charge < -0.3 is 14.4 Å². The molecule has 4 rings (SSSR count). The summed E-state index contributed by atoms with van der Waals surface area (Å²) in [6, 6.07) is 4.74. The van der Waals surface area contributed by atoms with Gasteiger partial charge in [0.2, 0.25) is 0 Å². The number of benzene rings is 1. The molecule has 0 radical (unpaired) electrons. The highest BCUT2D eigenvalue weighted by molar-refractivity contribution is 6.11. The second-order valence-electron chi connectivity index (χ2n) is 8.66.